The van der Waals surface area contributed by atoms with E-state index >= 15 is 0 Å². The van der Waals surface area contributed by atoms with E-state index in [2.05, 4.69) is 4.74 Å². The van der Waals surface area contributed by atoms with E-state index in [0.717, 1.165) is 13.2 Å². The van der Waals surface area contributed by atoms with E-state index in [9.17, 15) is 19.1 Å². The number of carbonyl (C=O) groups is 2. The maximum atomic E-state index is 12.9. The Balaban J connectivity index is 2.49. The first kappa shape index (κ1) is 10.8. The van der Waals surface area contributed by atoms with Crippen LogP contribution >= 0.6 is 0 Å². The first-order valence-corrected chi connectivity index (χ1v) is 4.63. The molecule has 1 aromatic carbocycles. The number of hydrogen-bond acceptors (Lipinski definition) is 4. The summed E-state index contributed by atoms with van der Waals surface area (Å²) < 4.78 is 17.3. The maximum absolute atomic E-state index is 12.9. The molecule has 1 N–H and O–H groups in total. The molecular formula is C11H9FO4. The van der Waals surface area contributed by atoms with Gasteiger partial charge in [-0.1, -0.05) is 6.07 Å². The monoisotopic (exact) mass is 224 g/mol. The summed E-state index contributed by atoms with van der Waals surface area (Å²) in [5, 5.41) is 9.89. The first-order chi connectivity index (χ1) is 7.49. The third kappa shape index (κ3) is 1.32. The van der Waals surface area contributed by atoms with Crippen molar-refractivity contribution in [2.75, 3.05) is 7.11 Å². The maximum Gasteiger partial charge on any atom is 0.346 e. The molecule has 84 valence electrons. The smallest absolute Gasteiger partial charge is 0.346 e. The van der Waals surface area contributed by atoms with Crippen LogP contribution in [-0.4, -0.2) is 29.6 Å². The lowest BCUT2D eigenvalue weighted by molar-refractivity contribution is -0.156. The Kier molecular flexibility index (Phi) is 2.27. The topological polar surface area (TPSA) is 63.6 Å². The van der Waals surface area contributed by atoms with Gasteiger partial charge in [0.2, 0.25) is 11.4 Å². The van der Waals surface area contributed by atoms with Gasteiger partial charge in [-0.05, 0) is 17.7 Å². The zero-order valence-corrected chi connectivity index (χ0v) is 8.49. The molecule has 5 heteroatoms. The lowest BCUT2D eigenvalue weighted by Gasteiger charge is -2.16. The molecule has 1 unspecified atom stereocenters. The van der Waals surface area contributed by atoms with Crippen molar-refractivity contribution in [3.05, 3.63) is 35.1 Å². The summed E-state index contributed by atoms with van der Waals surface area (Å²) in [6, 6.07) is 3.57. The number of carbonyl (C=O) groups excluding carboxylic acids is 2. The fourth-order valence-corrected chi connectivity index (χ4v) is 1.83. The summed E-state index contributed by atoms with van der Waals surface area (Å²) in [7, 11) is 1.08. The SMILES string of the molecule is COC(=O)C1(O)Cc2ccc(F)cc2C1=O. The molecule has 0 saturated heterocycles. The third-order valence-corrected chi connectivity index (χ3v) is 2.66. The van der Waals surface area contributed by atoms with Crippen molar-refractivity contribution >= 4 is 11.8 Å². The van der Waals surface area contributed by atoms with Crippen LogP contribution in [-0.2, 0) is 16.0 Å². The van der Waals surface area contributed by atoms with Crippen LogP contribution in [0.3, 0.4) is 0 Å². The molecule has 1 aromatic rings. The number of esters is 1. The molecule has 1 aliphatic carbocycles. The largest absolute Gasteiger partial charge is 0.467 e. The normalized spacial score (nSPS) is 23.1. The van der Waals surface area contributed by atoms with Gasteiger partial charge < -0.3 is 9.84 Å². The number of benzene rings is 1. The summed E-state index contributed by atoms with van der Waals surface area (Å²) in [4.78, 5) is 23.1. The van der Waals surface area contributed by atoms with Crippen LogP contribution < -0.4 is 0 Å². The second-order valence-electron chi connectivity index (χ2n) is 3.66. The molecule has 0 radical (unpaired) electrons. The highest BCUT2D eigenvalue weighted by atomic mass is 19.1. The lowest BCUT2D eigenvalue weighted by atomic mass is 10.00. The Labute approximate surface area is 90.6 Å². The van der Waals surface area contributed by atoms with Crippen molar-refractivity contribution in [3.63, 3.8) is 0 Å². The Morgan fingerprint density at radius 3 is 2.88 bits per heavy atom. The van der Waals surface area contributed by atoms with E-state index in [1.54, 1.807) is 0 Å². The van der Waals surface area contributed by atoms with Crippen LogP contribution in [0.4, 0.5) is 4.39 Å². The zero-order chi connectivity index (χ0) is 11.9. The summed E-state index contributed by atoms with van der Waals surface area (Å²) in [5.41, 5.74) is -1.72. The molecule has 0 amide bonds. The van der Waals surface area contributed by atoms with Gasteiger partial charge in [-0.25, -0.2) is 9.18 Å². The quantitative estimate of drug-likeness (QED) is 0.556. The number of Topliss-reactive ketones (excluding diaryl/α,β-unsaturated/α-hetero) is 1. The van der Waals surface area contributed by atoms with Crippen molar-refractivity contribution < 1.29 is 23.8 Å². The number of rotatable bonds is 1. The van der Waals surface area contributed by atoms with Gasteiger partial charge >= 0.3 is 5.97 Å². The molecule has 0 bridgehead atoms. The summed E-state index contributed by atoms with van der Waals surface area (Å²) in [6.07, 6.45) is -0.173. The number of ketones is 1. The van der Waals surface area contributed by atoms with Crippen molar-refractivity contribution in [2.24, 2.45) is 0 Å². The van der Waals surface area contributed by atoms with Crippen molar-refractivity contribution in [2.45, 2.75) is 12.0 Å². The predicted octanol–water partition coefficient (Wildman–Crippen LogP) is 0.469. The molecule has 0 saturated carbocycles. The van der Waals surface area contributed by atoms with Gasteiger partial charge in [-0.2, -0.15) is 0 Å². The second kappa shape index (κ2) is 3.38. The second-order valence-corrected chi connectivity index (χ2v) is 3.66. The van der Waals surface area contributed by atoms with Crippen LogP contribution in [0.1, 0.15) is 15.9 Å². The van der Waals surface area contributed by atoms with E-state index in [1.165, 1.54) is 12.1 Å². The minimum Gasteiger partial charge on any atom is -0.467 e. The van der Waals surface area contributed by atoms with Crippen molar-refractivity contribution in [1.82, 2.24) is 0 Å². The number of fused-ring (bicyclic) bond motifs is 1. The molecule has 0 fully saturated rings. The minimum absolute atomic E-state index is 0.0351. The molecule has 0 heterocycles. The van der Waals surface area contributed by atoms with Crippen LogP contribution in [0.2, 0.25) is 0 Å². The number of ether oxygens (including phenoxy) is 1. The predicted molar refractivity (Wildman–Crippen MR) is 51.4 cm³/mol. The van der Waals surface area contributed by atoms with Crippen molar-refractivity contribution in [3.8, 4) is 0 Å². The van der Waals surface area contributed by atoms with Gasteiger partial charge in [-0.3, -0.25) is 4.79 Å². The fraction of sp³-hybridized carbons (Fsp3) is 0.273. The number of methoxy groups -OCH3 is 1. The summed E-state index contributed by atoms with van der Waals surface area (Å²) >= 11 is 0. The Morgan fingerprint density at radius 2 is 2.25 bits per heavy atom. The molecule has 4 nitrogen and oxygen atoms in total. The number of hydrogen-bond donors (Lipinski definition) is 1. The third-order valence-electron chi connectivity index (χ3n) is 2.66. The van der Waals surface area contributed by atoms with Crippen LogP contribution in [0, 0.1) is 5.82 Å². The van der Waals surface area contributed by atoms with E-state index in [4.69, 9.17) is 0 Å². The molecule has 16 heavy (non-hydrogen) atoms. The van der Waals surface area contributed by atoms with Crippen LogP contribution in [0.5, 0.6) is 0 Å². The lowest BCUT2D eigenvalue weighted by Crippen LogP contribution is -2.45. The van der Waals surface area contributed by atoms with E-state index in [0.29, 0.717) is 5.56 Å². The Morgan fingerprint density at radius 1 is 1.56 bits per heavy atom. The average Bonchev–Trinajstić information content (AvgIpc) is 2.52. The Hall–Kier alpha value is -1.75. The molecule has 1 aliphatic rings. The molecule has 0 aromatic heterocycles. The summed E-state index contributed by atoms with van der Waals surface area (Å²) in [5.74, 6) is -2.41. The number of aliphatic hydroxyl groups is 1. The molecule has 2 rings (SSSR count). The first-order valence-electron chi connectivity index (χ1n) is 4.63. The van der Waals surface area contributed by atoms with E-state index < -0.39 is 23.2 Å². The van der Waals surface area contributed by atoms with Crippen molar-refractivity contribution in [1.29, 1.82) is 0 Å². The van der Waals surface area contributed by atoms with Gasteiger partial charge in [0.25, 0.3) is 0 Å². The van der Waals surface area contributed by atoms with Gasteiger partial charge in [0.05, 0.1) is 7.11 Å². The molecule has 0 spiro atoms. The highest BCUT2D eigenvalue weighted by Gasteiger charge is 2.51. The number of halogens is 1. The highest BCUT2D eigenvalue weighted by Crippen LogP contribution is 2.31. The zero-order valence-electron chi connectivity index (χ0n) is 8.49. The van der Waals surface area contributed by atoms with Gasteiger partial charge in [0, 0.05) is 12.0 Å². The highest BCUT2D eigenvalue weighted by molar-refractivity contribution is 6.18. The fourth-order valence-electron chi connectivity index (χ4n) is 1.83. The van der Waals surface area contributed by atoms with Gasteiger partial charge in [0.1, 0.15) is 5.82 Å². The van der Waals surface area contributed by atoms with Gasteiger partial charge in [-0.15, -0.1) is 0 Å². The minimum atomic E-state index is -2.20. The van der Waals surface area contributed by atoms with E-state index in [-0.39, 0.29) is 12.0 Å². The molecule has 0 aliphatic heterocycles. The van der Waals surface area contributed by atoms with Crippen LogP contribution in [0.25, 0.3) is 0 Å². The summed E-state index contributed by atoms with van der Waals surface area (Å²) in [6.45, 7) is 0. The van der Waals surface area contributed by atoms with E-state index in [1.807, 2.05) is 0 Å². The standard InChI is InChI=1S/C11H9FO4/c1-16-10(14)11(15)5-6-2-3-7(12)4-8(6)9(11)13/h2-4,15H,5H2,1H3. The van der Waals surface area contributed by atoms with Crippen LogP contribution in [0.15, 0.2) is 18.2 Å². The average molecular weight is 224 g/mol. The Bertz CT molecular complexity index is 483. The molecular weight excluding hydrogens is 215 g/mol. The molecule has 1 atom stereocenters. The van der Waals surface area contributed by atoms with Gasteiger partial charge in [0.15, 0.2) is 0 Å².